The van der Waals surface area contributed by atoms with E-state index in [0.717, 1.165) is 0 Å². The summed E-state index contributed by atoms with van der Waals surface area (Å²) in [6.07, 6.45) is 0. The lowest BCUT2D eigenvalue weighted by atomic mass is 9.97. The molecular formula is C15H17N. The lowest BCUT2D eigenvalue weighted by Gasteiger charge is -2.08. The van der Waals surface area contributed by atoms with Crippen LogP contribution in [0.3, 0.4) is 0 Å². The third kappa shape index (κ3) is 2.15. The van der Waals surface area contributed by atoms with Gasteiger partial charge in [0, 0.05) is 6.54 Å². The summed E-state index contributed by atoms with van der Waals surface area (Å²) in [7, 11) is 0. The van der Waals surface area contributed by atoms with E-state index in [2.05, 4.69) is 56.3 Å². The fourth-order valence-corrected chi connectivity index (χ4v) is 1.99. The monoisotopic (exact) mass is 211 g/mol. The minimum atomic E-state index is 0.606. The molecule has 0 heterocycles. The molecular weight excluding hydrogens is 194 g/mol. The van der Waals surface area contributed by atoms with Crippen molar-refractivity contribution in [3.63, 3.8) is 0 Å². The maximum atomic E-state index is 5.63. The van der Waals surface area contributed by atoms with Gasteiger partial charge in [0.25, 0.3) is 0 Å². The second kappa shape index (κ2) is 4.50. The van der Waals surface area contributed by atoms with Crippen LogP contribution in [0.4, 0.5) is 0 Å². The number of hydrogen-bond donors (Lipinski definition) is 1. The van der Waals surface area contributed by atoms with Gasteiger partial charge in [0.1, 0.15) is 0 Å². The van der Waals surface area contributed by atoms with E-state index in [-0.39, 0.29) is 0 Å². The first-order valence-electron chi connectivity index (χ1n) is 5.57. The summed E-state index contributed by atoms with van der Waals surface area (Å²) in [5.41, 5.74) is 12.0. The standard InChI is InChI=1S/C15H17N/c1-11-4-3-5-14(8-11)15-7-6-13(10-16)9-12(15)2/h3-9H,10,16H2,1-2H3. The van der Waals surface area contributed by atoms with Crippen molar-refractivity contribution in [2.24, 2.45) is 5.73 Å². The van der Waals surface area contributed by atoms with Crippen LogP contribution in [0, 0.1) is 13.8 Å². The van der Waals surface area contributed by atoms with E-state index in [0.29, 0.717) is 6.54 Å². The summed E-state index contributed by atoms with van der Waals surface area (Å²) in [4.78, 5) is 0. The molecule has 0 aliphatic rings. The molecule has 0 atom stereocenters. The van der Waals surface area contributed by atoms with Crippen LogP contribution in [0.15, 0.2) is 42.5 Å². The predicted octanol–water partition coefficient (Wildman–Crippen LogP) is 3.43. The number of aryl methyl sites for hydroxylation is 2. The van der Waals surface area contributed by atoms with Crippen LogP contribution in [0.5, 0.6) is 0 Å². The molecule has 1 nitrogen and oxygen atoms in total. The van der Waals surface area contributed by atoms with E-state index in [1.54, 1.807) is 0 Å². The van der Waals surface area contributed by atoms with E-state index >= 15 is 0 Å². The van der Waals surface area contributed by atoms with Crippen molar-refractivity contribution < 1.29 is 0 Å². The van der Waals surface area contributed by atoms with Crippen LogP contribution < -0.4 is 5.73 Å². The maximum Gasteiger partial charge on any atom is 0.0178 e. The molecule has 2 aromatic carbocycles. The first-order chi connectivity index (χ1) is 7.70. The van der Waals surface area contributed by atoms with Crippen molar-refractivity contribution >= 4 is 0 Å². The molecule has 0 spiro atoms. The third-order valence-corrected chi connectivity index (χ3v) is 2.86. The summed E-state index contributed by atoms with van der Waals surface area (Å²) in [5, 5.41) is 0. The molecule has 0 saturated carbocycles. The Hall–Kier alpha value is -1.60. The van der Waals surface area contributed by atoms with Gasteiger partial charge in [-0.15, -0.1) is 0 Å². The molecule has 0 radical (unpaired) electrons. The van der Waals surface area contributed by atoms with E-state index in [9.17, 15) is 0 Å². The van der Waals surface area contributed by atoms with E-state index in [4.69, 9.17) is 5.73 Å². The smallest absolute Gasteiger partial charge is 0.0178 e. The van der Waals surface area contributed by atoms with Crippen LogP contribution in [0.2, 0.25) is 0 Å². The largest absolute Gasteiger partial charge is 0.326 e. The minimum absolute atomic E-state index is 0.606. The Balaban J connectivity index is 2.48. The van der Waals surface area contributed by atoms with Gasteiger partial charge in [0.2, 0.25) is 0 Å². The Labute approximate surface area is 96.9 Å². The molecule has 0 amide bonds. The van der Waals surface area contributed by atoms with Crippen molar-refractivity contribution in [3.05, 3.63) is 59.2 Å². The topological polar surface area (TPSA) is 26.0 Å². The molecule has 0 fully saturated rings. The molecule has 16 heavy (non-hydrogen) atoms. The van der Waals surface area contributed by atoms with Gasteiger partial charge in [-0.25, -0.2) is 0 Å². The Bertz CT molecular complexity index is 501. The molecule has 0 aliphatic carbocycles. The fraction of sp³-hybridized carbons (Fsp3) is 0.200. The van der Waals surface area contributed by atoms with Gasteiger partial charge in [-0.1, -0.05) is 48.0 Å². The van der Waals surface area contributed by atoms with Crippen molar-refractivity contribution in [2.45, 2.75) is 20.4 Å². The zero-order chi connectivity index (χ0) is 11.5. The fourth-order valence-electron chi connectivity index (χ4n) is 1.99. The molecule has 2 rings (SSSR count). The zero-order valence-electron chi connectivity index (χ0n) is 9.83. The minimum Gasteiger partial charge on any atom is -0.326 e. The predicted molar refractivity (Wildman–Crippen MR) is 69.2 cm³/mol. The van der Waals surface area contributed by atoms with Crippen LogP contribution in [-0.4, -0.2) is 0 Å². The normalized spacial score (nSPS) is 10.4. The number of rotatable bonds is 2. The van der Waals surface area contributed by atoms with E-state index in [1.807, 2.05) is 0 Å². The highest BCUT2D eigenvalue weighted by Gasteiger charge is 2.02. The average Bonchev–Trinajstić information content (AvgIpc) is 2.28. The van der Waals surface area contributed by atoms with Crippen LogP contribution in [-0.2, 0) is 6.54 Å². The van der Waals surface area contributed by atoms with Gasteiger partial charge in [-0.3, -0.25) is 0 Å². The molecule has 0 unspecified atom stereocenters. The van der Waals surface area contributed by atoms with Gasteiger partial charge in [-0.2, -0.15) is 0 Å². The van der Waals surface area contributed by atoms with E-state index in [1.165, 1.54) is 27.8 Å². The average molecular weight is 211 g/mol. The second-order valence-electron chi connectivity index (χ2n) is 4.22. The summed E-state index contributed by atoms with van der Waals surface area (Å²) in [5.74, 6) is 0. The molecule has 82 valence electrons. The number of nitrogens with two attached hydrogens (primary N) is 1. The van der Waals surface area contributed by atoms with Gasteiger partial charge in [-0.05, 0) is 36.1 Å². The van der Waals surface area contributed by atoms with Crippen molar-refractivity contribution in [3.8, 4) is 11.1 Å². The summed E-state index contributed by atoms with van der Waals surface area (Å²) in [6.45, 7) is 4.86. The van der Waals surface area contributed by atoms with Crippen molar-refractivity contribution in [2.75, 3.05) is 0 Å². The quantitative estimate of drug-likeness (QED) is 0.809. The highest BCUT2D eigenvalue weighted by atomic mass is 14.5. The van der Waals surface area contributed by atoms with Crippen LogP contribution in [0.1, 0.15) is 16.7 Å². The van der Waals surface area contributed by atoms with Crippen LogP contribution in [0.25, 0.3) is 11.1 Å². The SMILES string of the molecule is Cc1cccc(-c2ccc(CN)cc2C)c1. The lowest BCUT2D eigenvalue weighted by Crippen LogP contribution is -1.97. The van der Waals surface area contributed by atoms with Crippen molar-refractivity contribution in [1.29, 1.82) is 0 Å². The molecule has 2 aromatic rings. The van der Waals surface area contributed by atoms with Gasteiger partial charge in [0.15, 0.2) is 0 Å². The van der Waals surface area contributed by atoms with Gasteiger partial charge < -0.3 is 5.73 Å². The highest BCUT2D eigenvalue weighted by molar-refractivity contribution is 5.68. The van der Waals surface area contributed by atoms with Gasteiger partial charge in [0.05, 0.1) is 0 Å². The second-order valence-corrected chi connectivity index (χ2v) is 4.22. The molecule has 0 saturated heterocycles. The first-order valence-corrected chi connectivity index (χ1v) is 5.57. The first kappa shape index (κ1) is 10.9. The Morgan fingerprint density at radius 2 is 1.81 bits per heavy atom. The molecule has 2 N–H and O–H groups in total. The van der Waals surface area contributed by atoms with E-state index < -0.39 is 0 Å². The molecule has 0 aliphatic heterocycles. The number of benzene rings is 2. The molecule has 1 heteroatoms. The Morgan fingerprint density at radius 1 is 1.00 bits per heavy atom. The lowest BCUT2D eigenvalue weighted by molar-refractivity contribution is 1.07. The Morgan fingerprint density at radius 3 is 2.44 bits per heavy atom. The molecule has 0 bridgehead atoms. The summed E-state index contributed by atoms with van der Waals surface area (Å²) >= 11 is 0. The summed E-state index contributed by atoms with van der Waals surface area (Å²) in [6, 6.07) is 15.0. The number of hydrogen-bond acceptors (Lipinski definition) is 1. The maximum absolute atomic E-state index is 5.63. The zero-order valence-corrected chi connectivity index (χ0v) is 9.83. The van der Waals surface area contributed by atoms with Crippen molar-refractivity contribution in [1.82, 2.24) is 0 Å². The Kier molecular flexibility index (Phi) is 3.07. The third-order valence-electron chi connectivity index (χ3n) is 2.86. The van der Waals surface area contributed by atoms with Crippen LogP contribution >= 0.6 is 0 Å². The highest BCUT2D eigenvalue weighted by Crippen LogP contribution is 2.24. The molecule has 0 aromatic heterocycles. The summed E-state index contributed by atoms with van der Waals surface area (Å²) < 4.78 is 0. The van der Waals surface area contributed by atoms with Gasteiger partial charge >= 0.3 is 0 Å².